The summed E-state index contributed by atoms with van der Waals surface area (Å²) in [6, 6.07) is 11.7. The van der Waals surface area contributed by atoms with Gasteiger partial charge in [-0.05, 0) is 49.2 Å². The van der Waals surface area contributed by atoms with Gasteiger partial charge in [-0.25, -0.2) is 0 Å². The molecule has 0 spiro atoms. The second-order valence-corrected chi connectivity index (χ2v) is 6.95. The molecule has 0 amide bonds. The van der Waals surface area contributed by atoms with E-state index in [4.69, 9.17) is 18.6 Å². The van der Waals surface area contributed by atoms with Gasteiger partial charge >= 0.3 is 0 Å². The summed E-state index contributed by atoms with van der Waals surface area (Å²) < 4.78 is 22.1. The normalized spacial score (nSPS) is 10.7. The topological polar surface area (TPSA) is 66.6 Å². The van der Waals surface area contributed by atoms with Gasteiger partial charge in [-0.1, -0.05) is 23.9 Å². The first-order valence-corrected chi connectivity index (χ1v) is 9.48. The average molecular weight is 386 g/mol. The maximum Gasteiger partial charge on any atom is 0.276 e. The van der Waals surface area contributed by atoms with Gasteiger partial charge in [-0.15, -0.1) is 10.2 Å². The molecule has 0 unspecified atom stereocenters. The van der Waals surface area contributed by atoms with Crippen LogP contribution < -0.4 is 14.2 Å². The van der Waals surface area contributed by atoms with E-state index in [1.165, 1.54) is 17.3 Å². The van der Waals surface area contributed by atoms with Gasteiger partial charge in [0.2, 0.25) is 5.89 Å². The van der Waals surface area contributed by atoms with Gasteiger partial charge in [0.15, 0.2) is 11.5 Å². The van der Waals surface area contributed by atoms with Crippen molar-refractivity contribution in [2.45, 2.75) is 19.1 Å². The molecule has 0 saturated carbocycles. The van der Waals surface area contributed by atoms with Crippen molar-refractivity contribution in [1.29, 1.82) is 0 Å². The molecule has 0 saturated heterocycles. The molecular formula is C20H22N2O4S. The molecule has 0 radical (unpaired) electrons. The smallest absolute Gasteiger partial charge is 0.276 e. The summed E-state index contributed by atoms with van der Waals surface area (Å²) >= 11 is 1.46. The summed E-state index contributed by atoms with van der Waals surface area (Å²) in [6.45, 7) is 4.65. The maximum atomic E-state index is 5.85. The fourth-order valence-corrected chi connectivity index (χ4v) is 3.08. The van der Waals surface area contributed by atoms with Gasteiger partial charge < -0.3 is 18.6 Å². The van der Waals surface area contributed by atoms with Crippen LogP contribution in [-0.4, -0.2) is 36.8 Å². The minimum absolute atomic E-state index is 0.439. The van der Waals surface area contributed by atoms with E-state index in [-0.39, 0.29) is 0 Å². The van der Waals surface area contributed by atoms with Crippen LogP contribution in [0.2, 0.25) is 0 Å². The molecule has 7 heteroatoms. The predicted molar refractivity (Wildman–Crippen MR) is 105 cm³/mol. The van der Waals surface area contributed by atoms with Crippen molar-refractivity contribution in [3.05, 3.63) is 47.5 Å². The molecule has 142 valence electrons. The predicted octanol–water partition coefficient (Wildman–Crippen LogP) is 4.54. The largest absolute Gasteiger partial charge is 0.493 e. The van der Waals surface area contributed by atoms with E-state index in [1.54, 1.807) is 14.2 Å². The number of nitrogens with zero attached hydrogens (tertiary/aromatic N) is 2. The van der Waals surface area contributed by atoms with Crippen molar-refractivity contribution in [2.24, 2.45) is 0 Å². The molecule has 0 atom stereocenters. The van der Waals surface area contributed by atoms with Gasteiger partial charge in [-0.2, -0.15) is 0 Å². The molecule has 3 aromatic rings. The number of hydrogen-bond acceptors (Lipinski definition) is 7. The summed E-state index contributed by atoms with van der Waals surface area (Å²) in [4.78, 5) is 0. The molecule has 0 bridgehead atoms. The van der Waals surface area contributed by atoms with Crippen molar-refractivity contribution in [2.75, 3.05) is 26.6 Å². The summed E-state index contributed by atoms with van der Waals surface area (Å²) in [5.41, 5.74) is 3.08. The monoisotopic (exact) mass is 386 g/mol. The lowest BCUT2D eigenvalue weighted by molar-refractivity contribution is 0.340. The highest BCUT2D eigenvalue weighted by molar-refractivity contribution is 7.99. The Morgan fingerprint density at radius 3 is 2.52 bits per heavy atom. The van der Waals surface area contributed by atoms with Gasteiger partial charge in [0.25, 0.3) is 5.22 Å². The maximum absolute atomic E-state index is 5.85. The van der Waals surface area contributed by atoms with Crippen LogP contribution >= 0.6 is 11.8 Å². The standard InChI is InChI=1S/C20H22N2O4S/c1-13-5-6-14(2)17(11-13)25-9-10-27-20-22-21-19(26-20)15-7-8-16(23-3)18(12-15)24-4/h5-8,11-12H,9-10H2,1-4H3. The zero-order chi connectivity index (χ0) is 19.2. The highest BCUT2D eigenvalue weighted by Gasteiger charge is 2.12. The Kier molecular flexibility index (Phi) is 6.24. The minimum atomic E-state index is 0.439. The second-order valence-electron chi connectivity index (χ2n) is 5.91. The molecule has 2 aromatic carbocycles. The quantitative estimate of drug-likeness (QED) is 0.416. The van der Waals surface area contributed by atoms with E-state index in [1.807, 2.05) is 31.2 Å². The van der Waals surface area contributed by atoms with Crippen LogP contribution in [0.5, 0.6) is 17.2 Å². The van der Waals surface area contributed by atoms with Gasteiger partial charge in [-0.3, -0.25) is 0 Å². The number of aromatic nitrogens is 2. The number of aryl methyl sites for hydroxylation is 2. The average Bonchev–Trinajstić information content (AvgIpc) is 3.16. The molecule has 1 heterocycles. The van der Waals surface area contributed by atoms with Crippen molar-refractivity contribution in [3.63, 3.8) is 0 Å². The van der Waals surface area contributed by atoms with E-state index in [2.05, 4.69) is 29.3 Å². The van der Waals surface area contributed by atoms with E-state index < -0.39 is 0 Å². The molecule has 0 aliphatic rings. The van der Waals surface area contributed by atoms with E-state index >= 15 is 0 Å². The number of thioether (sulfide) groups is 1. The molecule has 0 aliphatic carbocycles. The van der Waals surface area contributed by atoms with Crippen molar-refractivity contribution >= 4 is 11.8 Å². The summed E-state index contributed by atoms with van der Waals surface area (Å²) in [6.07, 6.45) is 0. The minimum Gasteiger partial charge on any atom is -0.493 e. The Balaban J connectivity index is 1.57. The van der Waals surface area contributed by atoms with Gasteiger partial charge in [0.1, 0.15) is 5.75 Å². The first-order chi connectivity index (χ1) is 13.1. The Hall–Kier alpha value is -2.67. The summed E-state index contributed by atoms with van der Waals surface area (Å²) in [5.74, 6) is 3.32. The summed E-state index contributed by atoms with van der Waals surface area (Å²) in [7, 11) is 3.19. The SMILES string of the molecule is COc1ccc(-c2nnc(SCCOc3cc(C)ccc3C)o2)cc1OC. The molecule has 0 N–H and O–H groups in total. The fourth-order valence-electron chi connectivity index (χ4n) is 2.50. The number of benzene rings is 2. The zero-order valence-corrected chi connectivity index (χ0v) is 16.6. The highest BCUT2D eigenvalue weighted by atomic mass is 32.2. The van der Waals surface area contributed by atoms with E-state index in [0.29, 0.717) is 35.0 Å². The molecule has 27 heavy (non-hydrogen) atoms. The third-order valence-electron chi connectivity index (χ3n) is 3.95. The Morgan fingerprint density at radius 2 is 1.74 bits per heavy atom. The van der Waals surface area contributed by atoms with Crippen LogP contribution in [0.1, 0.15) is 11.1 Å². The second kappa shape index (κ2) is 8.81. The van der Waals surface area contributed by atoms with Crippen LogP contribution in [0.25, 0.3) is 11.5 Å². The molecule has 0 aliphatic heterocycles. The van der Waals surface area contributed by atoms with Crippen molar-refractivity contribution in [3.8, 4) is 28.7 Å². The summed E-state index contributed by atoms with van der Waals surface area (Å²) in [5, 5.41) is 8.69. The van der Waals surface area contributed by atoms with Crippen LogP contribution in [0.15, 0.2) is 46.0 Å². The Bertz CT molecular complexity index is 911. The molecule has 6 nitrogen and oxygen atoms in total. The number of hydrogen-bond donors (Lipinski definition) is 0. The Labute approximate surface area is 162 Å². The number of ether oxygens (including phenoxy) is 3. The van der Waals surface area contributed by atoms with Gasteiger partial charge in [0, 0.05) is 11.3 Å². The lowest BCUT2D eigenvalue weighted by atomic mass is 10.1. The number of methoxy groups -OCH3 is 2. The van der Waals surface area contributed by atoms with Crippen molar-refractivity contribution in [1.82, 2.24) is 10.2 Å². The van der Waals surface area contributed by atoms with E-state index in [9.17, 15) is 0 Å². The fraction of sp³-hybridized carbons (Fsp3) is 0.300. The molecular weight excluding hydrogens is 364 g/mol. The zero-order valence-electron chi connectivity index (χ0n) is 15.8. The lowest BCUT2D eigenvalue weighted by Gasteiger charge is -2.09. The molecule has 3 rings (SSSR count). The molecule has 0 fully saturated rings. The third kappa shape index (κ3) is 4.74. The lowest BCUT2D eigenvalue weighted by Crippen LogP contribution is -2.01. The highest BCUT2D eigenvalue weighted by Crippen LogP contribution is 2.32. The van der Waals surface area contributed by atoms with Crippen LogP contribution in [0.3, 0.4) is 0 Å². The Morgan fingerprint density at radius 1 is 0.926 bits per heavy atom. The van der Waals surface area contributed by atoms with Gasteiger partial charge in [0.05, 0.1) is 20.8 Å². The first kappa shape index (κ1) is 19.1. The number of rotatable bonds is 8. The molecule has 1 aromatic heterocycles. The van der Waals surface area contributed by atoms with E-state index in [0.717, 1.165) is 16.9 Å². The van der Waals surface area contributed by atoms with Crippen LogP contribution in [-0.2, 0) is 0 Å². The van der Waals surface area contributed by atoms with Crippen LogP contribution in [0.4, 0.5) is 0 Å². The van der Waals surface area contributed by atoms with Crippen molar-refractivity contribution < 1.29 is 18.6 Å². The van der Waals surface area contributed by atoms with Crippen LogP contribution in [0, 0.1) is 13.8 Å². The third-order valence-corrected chi connectivity index (χ3v) is 4.73. The first-order valence-electron chi connectivity index (χ1n) is 8.49.